The molecule has 1 aromatic rings. The average Bonchev–Trinajstić information content (AvgIpc) is 2.26. The van der Waals surface area contributed by atoms with Crippen molar-refractivity contribution in [2.45, 2.75) is 25.8 Å². The monoisotopic (exact) mass is 191 g/mol. The molecule has 0 saturated carbocycles. The number of anilines is 1. The maximum absolute atomic E-state index is 11.6. The summed E-state index contributed by atoms with van der Waals surface area (Å²) in [6.07, 6.45) is 1.42. The summed E-state index contributed by atoms with van der Waals surface area (Å²) in [7, 11) is 0. The number of hydrogen-bond acceptors (Lipinski definition) is 3. The Labute approximate surface area is 82.8 Å². The predicted molar refractivity (Wildman–Crippen MR) is 54.8 cm³/mol. The molecule has 1 atom stereocenters. The molecule has 74 valence electrons. The van der Waals surface area contributed by atoms with E-state index in [1.807, 2.05) is 6.92 Å². The third-order valence-corrected chi connectivity index (χ3v) is 2.51. The summed E-state index contributed by atoms with van der Waals surface area (Å²) < 4.78 is 0. The Kier molecular flexibility index (Phi) is 2.15. The Morgan fingerprint density at radius 2 is 2.29 bits per heavy atom. The van der Waals surface area contributed by atoms with E-state index in [4.69, 9.17) is 0 Å². The zero-order chi connectivity index (χ0) is 10.1. The lowest BCUT2D eigenvalue weighted by molar-refractivity contribution is 0.0982. The minimum absolute atomic E-state index is 0.150. The van der Waals surface area contributed by atoms with Crippen LogP contribution in [0.4, 0.5) is 5.69 Å². The van der Waals surface area contributed by atoms with Gasteiger partial charge in [-0.25, -0.2) is 0 Å². The molecule has 0 saturated heterocycles. The van der Waals surface area contributed by atoms with Crippen LogP contribution in [0, 0.1) is 0 Å². The second kappa shape index (κ2) is 3.33. The van der Waals surface area contributed by atoms with Gasteiger partial charge in [-0.15, -0.1) is 0 Å². The number of benzene rings is 1. The van der Waals surface area contributed by atoms with Crippen LogP contribution < -0.4 is 5.32 Å². The maximum atomic E-state index is 11.6. The van der Waals surface area contributed by atoms with Crippen molar-refractivity contribution in [3.63, 3.8) is 0 Å². The van der Waals surface area contributed by atoms with Crippen LogP contribution in [-0.4, -0.2) is 16.9 Å². The highest BCUT2D eigenvalue weighted by molar-refractivity contribution is 6.02. The van der Waals surface area contributed by atoms with Crippen LogP contribution in [0.3, 0.4) is 0 Å². The van der Waals surface area contributed by atoms with Crippen molar-refractivity contribution >= 4 is 11.5 Å². The first-order chi connectivity index (χ1) is 6.66. The predicted octanol–water partition coefficient (Wildman–Crippen LogP) is 2.17. The fraction of sp³-hybridized carbons (Fsp3) is 0.364. The molecule has 2 N–H and O–H groups in total. The summed E-state index contributed by atoms with van der Waals surface area (Å²) in [4.78, 5) is 11.6. The van der Waals surface area contributed by atoms with E-state index in [0.717, 1.165) is 12.1 Å². The van der Waals surface area contributed by atoms with Crippen LogP contribution in [-0.2, 0) is 0 Å². The maximum Gasteiger partial charge on any atom is 0.165 e. The number of ketones is 1. The van der Waals surface area contributed by atoms with E-state index in [-0.39, 0.29) is 17.6 Å². The molecule has 0 fully saturated rings. The second-order valence-corrected chi connectivity index (χ2v) is 3.74. The number of phenols is 1. The van der Waals surface area contributed by atoms with Crippen molar-refractivity contribution in [3.05, 3.63) is 23.8 Å². The third-order valence-electron chi connectivity index (χ3n) is 2.51. The van der Waals surface area contributed by atoms with Crippen LogP contribution in [0.2, 0.25) is 0 Å². The number of rotatable bonds is 0. The Bertz CT molecular complexity index is 374. The van der Waals surface area contributed by atoms with Gasteiger partial charge < -0.3 is 10.4 Å². The fourth-order valence-electron chi connectivity index (χ4n) is 1.71. The van der Waals surface area contributed by atoms with Gasteiger partial charge in [0, 0.05) is 29.8 Å². The van der Waals surface area contributed by atoms with Gasteiger partial charge >= 0.3 is 0 Å². The quantitative estimate of drug-likeness (QED) is 0.660. The van der Waals surface area contributed by atoms with Gasteiger partial charge in [-0.1, -0.05) is 0 Å². The first-order valence-electron chi connectivity index (χ1n) is 4.79. The van der Waals surface area contributed by atoms with Crippen molar-refractivity contribution in [2.75, 3.05) is 5.32 Å². The summed E-state index contributed by atoms with van der Waals surface area (Å²) in [5.41, 5.74) is 1.44. The average molecular weight is 191 g/mol. The molecule has 0 aliphatic carbocycles. The largest absolute Gasteiger partial charge is 0.508 e. The summed E-state index contributed by atoms with van der Waals surface area (Å²) >= 11 is 0. The second-order valence-electron chi connectivity index (χ2n) is 3.74. The van der Waals surface area contributed by atoms with E-state index in [0.29, 0.717) is 12.0 Å². The lowest BCUT2D eigenvalue weighted by atomic mass is 10.1. The standard InChI is InChI=1S/C11H13NO2/c1-7-2-5-11(14)9-4-3-8(13)6-10(9)12-7/h3-4,6-7,12-13H,2,5H2,1H3. The molecule has 0 spiro atoms. The van der Waals surface area contributed by atoms with Crippen molar-refractivity contribution in [3.8, 4) is 5.75 Å². The van der Waals surface area contributed by atoms with Gasteiger partial charge in [0.15, 0.2) is 5.78 Å². The topological polar surface area (TPSA) is 49.3 Å². The molecule has 1 aliphatic heterocycles. The molecule has 3 heteroatoms. The first kappa shape index (κ1) is 9.06. The number of fused-ring (bicyclic) bond motifs is 1. The number of carbonyl (C=O) groups is 1. The zero-order valence-corrected chi connectivity index (χ0v) is 8.08. The molecule has 0 aromatic heterocycles. The van der Waals surface area contributed by atoms with E-state index in [1.165, 1.54) is 0 Å². The number of Topliss-reactive ketones (excluding diaryl/α,β-unsaturated/α-hetero) is 1. The van der Waals surface area contributed by atoms with Crippen LogP contribution in [0.5, 0.6) is 5.75 Å². The van der Waals surface area contributed by atoms with E-state index in [2.05, 4.69) is 5.32 Å². The smallest absolute Gasteiger partial charge is 0.165 e. The summed E-state index contributed by atoms with van der Waals surface area (Å²) in [6.45, 7) is 2.03. The molecule has 1 aromatic carbocycles. The molecule has 14 heavy (non-hydrogen) atoms. The van der Waals surface area contributed by atoms with Crippen molar-refractivity contribution in [1.29, 1.82) is 0 Å². The van der Waals surface area contributed by atoms with Crippen molar-refractivity contribution < 1.29 is 9.90 Å². The van der Waals surface area contributed by atoms with Gasteiger partial charge in [-0.05, 0) is 25.5 Å². The Morgan fingerprint density at radius 1 is 1.50 bits per heavy atom. The summed E-state index contributed by atoms with van der Waals surface area (Å²) in [5, 5.41) is 12.5. The Morgan fingerprint density at radius 3 is 3.07 bits per heavy atom. The highest BCUT2D eigenvalue weighted by Crippen LogP contribution is 2.27. The molecule has 1 unspecified atom stereocenters. The number of aromatic hydroxyl groups is 1. The SMILES string of the molecule is CC1CCC(=O)c2ccc(O)cc2N1. The lowest BCUT2D eigenvalue weighted by Crippen LogP contribution is -2.12. The molecular weight excluding hydrogens is 178 g/mol. The molecular formula is C11H13NO2. The number of nitrogens with one attached hydrogen (secondary N) is 1. The number of hydrogen-bond donors (Lipinski definition) is 2. The van der Waals surface area contributed by atoms with Gasteiger partial charge in [0.05, 0.1) is 0 Å². The molecule has 1 heterocycles. The summed E-state index contributed by atoms with van der Waals surface area (Å²) in [6, 6.07) is 5.11. The van der Waals surface area contributed by atoms with E-state index >= 15 is 0 Å². The highest BCUT2D eigenvalue weighted by atomic mass is 16.3. The van der Waals surface area contributed by atoms with Gasteiger partial charge in [0.1, 0.15) is 5.75 Å². The zero-order valence-electron chi connectivity index (χ0n) is 8.08. The Balaban J connectivity index is 2.47. The van der Waals surface area contributed by atoms with Crippen LogP contribution in [0.15, 0.2) is 18.2 Å². The molecule has 1 aliphatic rings. The molecule has 0 bridgehead atoms. The molecule has 0 amide bonds. The number of carbonyl (C=O) groups excluding carboxylic acids is 1. The minimum atomic E-state index is 0.150. The van der Waals surface area contributed by atoms with E-state index in [9.17, 15) is 9.90 Å². The number of phenolic OH excluding ortho intramolecular Hbond substituents is 1. The summed E-state index contributed by atoms with van der Waals surface area (Å²) in [5.74, 6) is 0.343. The molecule has 0 radical (unpaired) electrons. The van der Waals surface area contributed by atoms with Crippen molar-refractivity contribution in [1.82, 2.24) is 0 Å². The minimum Gasteiger partial charge on any atom is -0.508 e. The van der Waals surface area contributed by atoms with Gasteiger partial charge in [0.2, 0.25) is 0 Å². The fourth-order valence-corrected chi connectivity index (χ4v) is 1.71. The third kappa shape index (κ3) is 1.58. The Hall–Kier alpha value is -1.51. The molecule has 3 nitrogen and oxygen atoms in total. The van der Waals surface area contributed by atoms with Crippen LogP contribution in [0.1, 0.15) is 30.1 Å². The van der Waals surface area contributed by atoms with E-state index in [1.54, 1.807) is 18.2 Å². The van der Waals surface area contributed by atoms with E-state index < -0.39 is 0 Å². The van der Waals surface area contributed by atoms with Crippen LogP contribution in [0.25, 0.3) is 0 Å². The van der Waals surface area contributed by atoms with Crippen molar-refractivity contribution in [2.24, 2.45) is 0 Å². The van der Waals surface area contributed by atoms with Gasteiger partial charge in [-0.2, -0.15) is 0 Å². The molecule has 2 rings (SSSR count). The van der Waals surface area contributed by atoms with Crippen LogP contribution >= 0.6 is 0 Å². The lowest BCUT2D eigenvalue weighted by Gasteiger charge is -2.12. The normalized spacial score (nSPS) is 20.9. The van der Waals surface area contributed by atoms with Gasteiger partial charge in [-0.3, -0.25) is 4.79 Å². The first-order valence-corrected chi connectivity index (χ1v) is 4.79. The highest BCUT2D eigenvalue weighted by Gasteiger charge is 2.18. The van der Waals surface area contributed by atoms with Gasteiger partial charge in [0.25, 0.3) is 0 Å².